The van der Waals surface area contributed by atoms with E-state index in [1.807, 2.05) is 20.8 Å². The highest BCUT2D eigenvalue weighted by Crippen LogP contribution is 2.13. The molecule has 0 heterocycles. The van der Waals surface area contributed by atoms with Crippen LogP contribution in [-0.2, 0) is 14.3 Å². The van der Waals surface area contributed by atoms with Gasteiger partial charge >= 0.3 is 11.9 Å². The Hall–Kier alpha value is -1.91. The van der Waals surface area contributed by atoms with Crippen molar-refractivity contribution in [2.75, 3.05) is 0 Å². The van der Waals surface area contributed by atoms with Gasteiger partial charge in [0, 0.05) is 18.9 Å². The Morgan fingerprint density at radius 3 is 2.43 bits per heavy atom. The van der Waals surface area contributed by atoms with E-state index >= 15 is 0 Å². The lowest BCUT2D eigenvalue weighted by atomic mass is 10.1. The summed E-state index contributed by atoms with van der Waals surface area (Å²) in [5.41, 5.74) is 0. The van der Waals surface area contributed by atoms with E-state index in [1.54, 1.807) is 0 Å². The lowest BCUT2D eigenvalue weighted by Crippen LogP contribution is -2.20. The summed E-state index contributed by atoms with van der Waals surface area (Å²) in [6.45, 7) is 5.77. The predicted molar refractivity (Wildman–Crippen MR) is 76.3 cm³/mol. The van der Waals surface area contributed by atoms with Gasteiger partial charge in [0.05, 0.1) is 0 Å². The van der Waals surface area contributed by atoms with Crippen LogP contribution in [0.1, 0.15) is 40.0 Å². The number of esters is 2. The maximum atomic E-state index is 12.9. The predicted octanol–water partition coefficient (Wildman–Crippen LogP) is 3.49. The van der Waals surface area contributed by atoms with Crippen molar-refractivity contribution >= 4 is 11.9 Å². The molecule has 21 heavy (non-hydrogen) atoms. The van der Waals surface area contributed by atoms with Gasteiger partial charge in [-0.25, -0.2) is 4.39 Å². The number of halogens is 1. The van der Waals surface area contributed by atoms with E-state index in [0.29, 0.717) is 6.42 Å². The van der Waals surface area contributed by atoms with E-state index in [0.717, 1.165) is 6.07 Å². The Morgan fingerprint density at radius 1 is 1.14 bits per heavy atom. The fourth-order valence-corrected chi connectivity index (χ4v) is 1.49. The average Bonchev–Trinajstić information content (AvgIpc) is 2.38. The van der Waals surface area contributed by atoms with Crippen molar-refractivity contribution in [2.24, 2.45) is 5.92 Å². The van der Waals surface area contributed by atoms with E-state index in [1.165, 1.54) is 18.2 Å². The van der Waals surface area contributed by atoms with Gasteiger partial charge in [-0.15, -0.1) is 0 Å². The second-order valence-electron chi connectivity index (χ2n) is 5.22. The number of carbonyl (C=O) groups excluding carboxylic acids is 2. The fourth-order valence-electron chi connectivity index (χ4n) is 1.49. The normalized spacial score (nSPS) is 12.0. The molecule has 1 unspecified atom stereocenters. The minimum atomic E-state index is -0.495. The summed E-state index contributed by atoms with van der Waals surface area (Å²) in [6, 6.07) is 5.36. The smallest absolute Gasteiger partial charge is 0.311 e. The molecule has 116 valence electrons. The Labute approximate surface area is 124 Å². The van der Waals surface area contributed by atoms with Gasteiger partial charge in [0.2, 0.25) is 0 Å². The SMILES string of the molecule is CC(C)C(C)OC(=O)CCCC(=O)Oc1cccc(F)c1. The van der Waals surface area contributed by atoms with Crippen LogP contribution in [0.4, 0.5) is 4.39 Å². The highest BCUT2D eigenvalue weighted by Gasteiger charge is 2.13. The van der Waals surface area contributed by atoms with Gasteiger partial charge in [0.15, 0.2) is 0 Å². The molecule has 1 aromatic carbocycles. The van der Waals surface area contributed by atoms with Gasteiger partial charge in [-0.1, -0.05) is 19.9 Å². The second-order valence-corrected chi connectivity index (χ2v) is 5.22. The molecule has 0 saturated heterocycles. The molecular formula is C16H21FO4. The van der Waals surface area contributed by atoms with E-state index in [4.69, 9.17) is 9.47 Å². The maximum Gasteiger partial charge on any atom is 0.311 e. The molecule has 0 aliphatic heterocycles. The topological polar surface area (TPSA) is 52.6 Å². The highest BCUT2D eigenvalue weighted by molar-refractivity contribution is 5.74. The molecule has 0 aliphatic rings. The van der Waals surface area contributed by atoms with Gasteiger partial charge in [0.1, 0.15) is 17.7 Å². The van der Waals surface area contributed by atoms with Crippen molar-refractivity contribution < 1.29 is 23.5 Å². The third-order valence-corrected chi connectivity index (χ3v) is 3.05. The molecule has 0 radical (unpaired) electrons. The van der Waals surface area contributed by atoms with Gasteiger partial charge in [-0.05, 0) is 31.4 Å². The summed E-state index contributed by atoms with van der Waals surface area (Å²) in [7, 11) is 0. The van der Waals surface area contributed by atoms with Crippen molar-refractivity contribution in [2.45, 2.75) is 46.1 Å². The van der Waals surface area contributed by atoms with Gasteiger partial charge in [-0.3, -0.25) is 9.59 Å². The van der Waals surface area contributed by atoms with Crippen molar-refractivity contribution in [3.05, 3.63) is 30.1 Å². The second kappa shape index (κ2) is 8.39. The molecule has 1 rings (SSSR count). The molecule has 0 fully saturated rings. The minimum Gasteiger partial charge on any atom is -0.462 e. The molecule has 5 heteroatoms. The first-order valence-corrected chi connectivity index (χ1v) is 7.04. The third kappa shape index (κ3) is 6.88. The molecule has 0 aromatic heterocycles. The van der Waals surface area contributed by atoms with Crippen molar-refractivity contribution in [3.63, 3.8) is 0 Å². The molecule has 0 bridgehead atoms. The Morgan fingerprint density at radius 2 is 1.81 bits per heavy atom. The molecular weight excluding hydrogens is 275 g/mol. The molecule has 0 spiro atoms. The average molecular weight is 296 g/mol. The van der Waals surface area contributed by atoms with Gasteiger partial charge < -0.3 is 9.47 Å². The summed E-state index contributed by atoms with van der Waals surface area (Å²) in [5.74, 6) is -0.866. The van der Waals surface area contributed by atoms with Crippen molar-refractivity contribution in [3.8, 4) is 5.75 Å². The Kier molecular flexibility index (Phi) is 6.85. The van der Waals surface area contributed by atoms with Crippen LogP contribution in [0.25, 0.3) is 0 Å². The summed E-state index contributed by atoms with van der Waals surface area (Å²) in [6.07, 6.45) is 0.450. The largest absolute Gasteiger partial charge is 0.462 e. The first-order chi connectivity index (χ1) is 9.88. The summed E-state index contributed by atoms with van der Waals surface area (Å²) in [4.78, 5) is 23.1. The summed E-state index contributed by atoms with van der Waals surface area (Å²) >= 11 is 0. The standard InChI is InChI=1S/C16H21FO4/c1-11(2)12(3)20-15(18)8-5-9-16(19)21-14-7-4-6-13(17)10-14/h4,6-7,10-12H,5,8-9H2,1-3H3. The van der Waals surface area contributed by atoms with Crippen molar-refractivity contribution in [1.29, 1.82) is 0 Å². The van der Waals surface area contributed by atoms with Crippen LogP contribution in [0.15, 0.2) is 24.3 Å². The lowest BCUT2D eigenvalue weighted by molar-refractivity contribution is -0.150. The fraction of sp³-hybridized carbons (Fsp3) is 0.500. The van der Waals surface area contributed by atoms with Gasteiger partial charge in [-0.2, -0.15) is 0 Å². The maximum absolute atomic E-state index is 12.9. The Bertz CT molecular complexity index is 485. The molecule has 4 nitrogen and oxygen atoms in total. The van der Waals surface area contributed by atoms with Crippen molar-refractivity contribution in [1.82, 2.24) is 0 Å². The first-order valence-electron chi connectivity index (χ1n) is 7.04. The number of carbonyl (C=O) groups is 2. The van der Waals surface area contributed by atoms with Crippen LogP contribution in [0.2, 0.25) is 0 Å². The van der Waals surface area contributed by atoms with Gasteiger partial charge in [0.25, 0.3) is 0 Å². The Balaban J connectivity index is 2.26. The molecule has 0 N–H and O–H groups in total. The quantitative estimate of drug-likeness (QED) is 0.571. The molecule has 1 aromatic rings. The zero-order valence-corrected chi connectivity index (χ0v) is 12.6. The molecule has 1 atom stereocenters. The third-order valence-electron chi connectivity index (χ3n) is 3.05. The highest BCUT2D eigenvalue weighted by atomic mass is 19.1. The molecule has 0 saturated carbocycles. The van der Waals surface area contributed by atoms with Crippen LogP contribution >= 0.6 is 0 Å². The minimum absolute atomic E-state index is 0.0850. The zero-order valence-electron chi connectivity index (χ0n) is 12.6. The van der Waals surface area contributed by atoms with Crippen LogP contribution in [0, 0.1) is 11.7 Å². The first kappa shape index (κ1) is 17.1. The van der Waals surface area contributed by atoms with Crippen LogP contribution in [0.3, 0.4) is 0 Å². The van der Waals surface area contributed by atoms with E-state index < -0.39 is 11.8 Å². The molecule has 0 aliphatic carbocycles. The van der Waals surface area contributed by atoms with Crippen LogP contribution in [-0.4, -0.2) is 18.0 Å². The van der Waals surface area contributed by atoms with Crippen LogP contribution < -0.4 is 4.74 Å². The molecule has 0 amide bonds. The lowest BCUT2D eigenvalue weighted by Gasteiger charge is -2.16. The zero-order chi connectivity index (χ0) is 15.8. The number of rotatable bonds is 7. The number of hydrogen-bond acceptors (Lipinski definition) is 4. The van der Waals surface area contributed by atoms with E-state index in [-0.39, 0.29) is 36.6 Å². The van der Waals surface area contributed by atoms with Crippen LogP contribution in [0.5, 0.6) is 5.75 Å². The van der Waals surface area contributed by atoms with E-state index in [2.05, 4.69) is 0 Å². The number of benzene rings is 1. The van der Waals surface area contributed by atoms with E-state index in [9.17, 15) is 14.0 Å². The number of ether oxygens (including phenoxy) is 2. The summed E-state index contributed by atoms with van der Waals surface area (Å²) < 4.78 is 23.1. The number of hydrogen-bond donors (Lipinski definition) is 0. The summed E-state index contributed by atoms with van der Waals surface area (Å²) in [5, 5.41) is 0. The monoisotopic (exact) mass is 296 g/mol.